The zero-order valence-corrected chi connectivity index (χ0v) is 9.90. The van der Waals surface area contributed by atoms with Crippen molar-refractivity contribution in [2.24, 2.45) is 0 Å². The van der Waals surface area contributed by atoms with Gasteiger partial charge in [0.05, 0.1) is 0 Å². The molecule has 84 valence electrons. The van der Waals surface area contributed by atoms with Crippen LogP contribution in [0.2, 0.25) is 0 Å². The van der Waals surface area contributed by atoms with Crippen LogP contribution in [0, 0.1) is 0 Å². The zero-order valence-electron chi connectivity index (χ0n) is 9.90. The molecule has 0 aliphatic rings. The largest absolute Gasteiger partial charge is 0.316 e. The Labute approximate surface area is 92.5 Å². The number of likely N-dealkylation sites (N-methyl/N-ethyl adjacent to an activating group) is 2. The second-order valence-electron chi connectivity index (χ2n) is 4.06. The number of hydrogen-bond acceptors (Lipinski definition) is 3. The summed E-state index contributed by atoms with van der Waals surface area (Å²) in [4.78, 5) is 6.36. The Morgan fingerprint density at radius 1 is 1.40 bits per heavy atom. The van der Waals surface area contributed by atoms with Gasteiger partial charge in [-0.3, -0.25) is 4.98 Å². The van der Waals surface area contributed by atoms with Crippen LogP contribution >= 0.6 is 0 Å². The van der Waals surface area contributed by atoms with Gasteiger partial charge in [-0.25, -0.2) is 0 Å². The van der Waals surface area contributed by atoms with Gasteiger partial charge in [0, 0.05) is 31.5 Å². The second-order valence-corrected chi connectivity index (χ2v) is 4.06. The van der Waals surface area contributed by atoms with Crippen LogP contribution in [0.3, 0.4) is 0 Å². The van der Waals surface area contributed by atoms with Gasteiger partial charge < -0.3 is 10.2 Å². The fourth-order valence-electron chi connectivity index (χ4n) is 1.52. The van der Waals surface area contributed by atoms with Crippen molar-refractivity contribution in [3.05, 3.63) is 30.1 Å². The summed E-state index contributed by atoms with van der Waals surface area (Å²) in [7, 11) is 4.16. The van der Waals surface area contributed by atoms with Crippen molar-refractivity contribution in [2.75, 3.05) is 27.2 Å². The first-order valence-corrected chi connectivity index (χ1v) is 5.47. The normalized spacial score (nSPS) is 13.1. The number of pyridine rings is 1. The fraction of sp³-hybridized carbons (Fsp3) is 0.583. The van der Waals surface area contributed by atoms with Crippen LogP contribution in [0.1, 0.15) is 12.5 Å². The standard InChI is InChI=1S/C12H21N3/c1-11(13-2)10-15(3)9-6-12-4-7-14-8-5-12/h4-5,7-8,11,13H,6,9-10H2,1-3H3. The SMILES string of the molecule is CNC(C)CN(C)CCc1ccncc1. The van der Waals surface area contributed by atoms with Crippen LogP contribution < -0.4 is 5.32 Å². The van der Waals surface area contributed by atoms with Crippen LogP contribution in [-0.2, 0) is 6.42 Å². The maximum absolute atomic E-state index is 4.01. The summed E-state index contributed by atoms with van der Waals surface area (Å²) in [6, 6.07) is 4.71. The smallest absolute Gasteiger partial charge is 0.0270 e. The van der Waals surface area contributed by atoms with Crippen LogP contribution in [0.5, 0.6) is 0 Å². The number of rotatable bonds is 6. The highest BCUT2D eigenvalue weighted by atomic mass is 15.1. The molecule has 0 aliphatic carbocycles. The van der Waals surface area contributed by atoms with Crippen molar-refractivity contribution in [1.29, 1.82) is 0 Å². The first-order chi connectivity index (χ1) is 7.22. The van der Waals surface area contributed by atoms with E-state index in [0.29, 0.717) is 6.04 Å². The fourth-order valence-corrected chi connectivity index (χ4v) is 1.52. The Morgan fingerprint density at radius 2 is 2.07 bits per heavy atom. The van der Waals surface area contributed by atoms with Crippen molar-refractivity contribution >= 4 is 0 Å². The van der Waals surface area contributed by atoms with Gasteiger partial charge >= 0.3 is 0 Å². The van der Waals surface area contributed by atoms with E-state index in [1.54, 1.807) is 0 Å². The molecule has 0 saturated heterocycles. The van der Waals surface area contributed by atoms with E-state index < -0.39 is 0 Å². The third-order valence-electron chi connectivity index (χ3n) is 2.61. The van der Waals surface area contributed by atoms with E-state index in [2.05, 4.69) is 41.3 Å². The van der Waals surface area contributed by atoms with Crippen LogP contribution in [0.4, 0.5) is 0 Å². The molecule has 3 nitrogen and oxygen atoms in total. The molecular weight excluding hydrogens is 186 g/mol. The van der Waals surface area contributed by atoms with E-state index in [1.165, 1.54) is 5.56 Å². The summed E-state index contributed by atoms with van der Waals surface area (Å²) in [5.74, 6) is 0. The highest BCUT2D eigenvalue weighted by Crippen LogP contribution is 1.99. The molecule has 1 heterocycles. The van der Waals surface area contributed by atoms with Gasteiger partial charge in [-0.2, -0.15) is 0 Å². The third-order valence-corrected chi connectivity index (χ3v) is 2.61. The monoisotopic (exact) mass is 207 g/mol. The van der Waals surface area contributed by atoms with Crippen molar-refractivity contribution in [3.8, 4) is 0 Å². The molecule has 1 aromatic rings. The topological polar surface area (TPSA) is 28.2 Å². The van der Waals surface area contributed by atoms with Gasteiger partial charge in [0.15, 0.2) is 0 Å². The van der Waals surface area contributed by atoms with Crippen LogP contribution in [-0.4, -0.2) is 43.1 Å². The summed E-state index contributed by atoms with van der Waals surface area (Å²) in [5.41, 5.74) is 1.36. The predicted octanol–water partition coefficient (Wildman–Crippen LogP) is 1.16. The van der Waals surface area contributed by atoms with Gasteiger partial charge in [-0.05, 0) is 45.1 Å². The molecule has 0 aromatic carbocycles. The lowest BCUT2D eigenvalue weighted by Crippen LogP contribution is -2.36. The molecule has 1 aromatic heterocycles. The molecule has 0 spiro atoms. The number of nitrogens with zero attached hydrogens (tertiary/aromatic N) is 2. The van der Waals surface area contributed by atoms with Gasteiger partial charge in [0.1, 0.15) is 0 Å². The molecule has 1 N–H and O–H groups in total. The lowest BCUT2D eigenvalue weighted by Gasteiger charge is -2.20. The maximum atomic E-state index is 4.01. The minimum atomic E-state index is 0.549. The van der Waals surface area contributed by atoms with Gasteiger partial charge in [-0.15, -0.1) is 0 Å². The van der Waals surface area contributed by atoms with E-state index in [4.69, 9.17) is 0 Å². The first kappa shape index (κ1) is 12.1. The lowest BCUT2D eigenvalue weighted by molar-refractivity contribution is 0.306. The first-order valence-electron chi connectivity index (χ1n) is 5.47. The molecule has 0 fully saturated rings. The van der Waals surface area contributed by atoms with Gasteiger partial charge in [0.2, 0.25) is 0 Å². The van der Waals surface area contributed by atoms with E-state index in [0.717, 1.165) is 19.5 Å². The second kappa shape index (κ2) is 6.53. The third kappa shape index (κ3) is 4.91. The highest BCUT2D eigenvalue weighted by molar-refractivity contribution is 5.09. The molecule has 1 atom stereocenters. The van der Waals surface area contributed by atoms with E-state index in [1.807, 2.05) is 19.4 Å². The summed E-state index contributed by atoms with van der Waals surface area (Å²) in [5, 5.41) is 3.24. The van der Waals surface area contributed by atoms with Crippen molar-refractivity contribution in [2.45, 2.75) is 19.4 Å². The molecular formula is C12H21N3. The predicted molar refractivity (Wildman–Crippen MR) is 64.0 cm³/mol. The average molecular weight is 207 g/mol. The molecule has 15 heavy (non-hydrogen) atoms. The van der Waals surface area contributed by atoms with Crippen LogP contribution in [0.15, 0.2) is 24.5 Å². The summed E-state index contributed by atoms with van der Waals surface area (Å²) >= 11 is 0. The van der Waals surface area contributed by atoms with Gasteiger partial charge in [0.25, 0.3) is 0 Å². The molecule has 0 aliphatic heterocycles. The zero-order chi connectivity index (χ0) is 11.1. The molecule has 0 saturated carbocycles. The molecule has 1 unspecified atom stereocenters. The number of aromatic nitrogens is 1. The number of hydrogen-bond donors (Lipinski definition) is 1. The Bertz CT molecular complexity index is 261. The molecule has 0 radical (unpaired) electrons. The van der Waals surface area contributed by atoms with E-state index in [9.17, 15) is 0 Å². The Hall–Kier alpha value is -0.930. The van der Waals surface area contributed by atoms with E-state index >= 15 is 0 Å². The maximum Gasteiger partial charge on any atom is 0.0270 e. The quantitative estimate of drug-likeness (QED) is 0.759. The minimum Gasteiger partial charge on any atom is -0.316 e. The molecule has 1 rings (SSSR count). The lowest BCUT2D eigenvalue weighted by atomic mass is 10.2. The minimum absolute atomic E-state index is 0.549. The summed E-state index contributed by atoms with van der Waals surface area (Å²) in [6.45, 7) is 4.38. The molecule has 0 bridgehead atoms. The van der Waals surface area contributed by atoms with Crippen molar-refractivity contribution in [3.63, 3.8) is 0 Å². The van der Waals surface area contributed by atoms with Crippen LogP contribution in [0.25, 0.3) is 0 Å². The highest BCUT2D eigenvalue weighted by Gasteiger charge is 2.03. The van der Waals surface area contributed by atoms with Crippen molar-refractivity contribution < 1.29 is 0 Å². The summed E-state index contributed by atoms with van der Waals surface area (Å²) in [6.07, 6.45) is 4.80. The molecule has 0 amide bonds. The molecule has 3 heteroatoms. The Balaban J connectivity index is 2.25. The van der Waals surface area contributed by atoms with Crippen molar-refractivity contribution in [1.82, 2.24) is 15.2 Å². The Kier molecular flexibility index (Phi) is 5.29. The Morgan fingerprint density at radius 3 is 2.67 bits per heavy atom. The average Bonchev–Trinajstić information content (AvgIpc) is 2.27. The number of nitrogens with one attached hydrogen (secondary N) is 1. The van der Waals surface area contributed by atoms with Gasteiger partial charge in [-0.1, -0.05) is 0 Å². The summed E-state index contributed by atoms with van der Waals surface area (Å²) < 4.78 is 0. The van der Waals surface area contributed by atoms with E-state index in [-0.39, 0.29) is 0 Å².